The molecule has 0 aliphatic rings. The number of hydrogen-bond donors (Lipinski definition) is 1. The molecule has 92 valence electrons. The molecular formula is C16H11ClN2. The normalized spacial score (nSPS) is 12.2. The van der Waals surface area contributed by atoms with E-state index in [0.29, 0.717) is 5.02 Å². The first-order valence-corrected chi connectivity index (χ1v) is 6.38. The van der Waals surface area contributed by atoms with E-state index in [4.69, 9.17) is 11.6 Å². The van der Waals surface area contributed by atoms with Crippen molar-refractivity contribution >= 4 is 22.5 Å². The van der Waals surface area contributed by atoms with Crippen LogP contribution in [0, 0.1) is 11.3 Å². The maximum atomic E-state index is 9.44. The van der Waals surface area contributed by atoms with Gasteiger partial charge in [-0.3, -0.25) is 0 Å². The number of aromatic nitrogens is 1. The number of para-hydroxylation sites is 1. The Kier molecular flexibility index (Phi) is 2.98. The number of hydrogen-bond acceptors (Lipinski definition) is 1. The van der Waals surface area contributed by atoms with Gasteiger partial charge >= 0.3 is 0 Å². The lowest BCUT2D eigenvalue weighted by Crippen LogP contribution is -1.98. The van der Waals surface area contributed by atoms with E-state index in [1.165, 1.54) is 0 Å². The van der Waals surface area contributed by atoms with Gasteiger partial charge in [-0.2, -0.15) is 5.26 Å². The van der Waals surface area contributed by atoms with Crippen molar-refractivity contribution in [3.8, 4) is 6.07 Å². The molecule has 19 heavy (non-hydrogen) atoms. The van der Waals surface area contributed by atoms with Gasteiger partial charge in [0.2, 0.25) is 0 Å². The molecule has 1 atom stereocenters. The summed E-state index contributed by atoms with van der Waals surface area (Å²) in [6.07, 6.45) is 0. The van der Waals surface area contributed by atoms with Crippen LogP contribution in [0.15, 0.2) is 54.6 Å². The lowest BCUT2D eigenvalue weighted by Gasteiger charge is -2.07. The molecule has 0 aliphatic heterocycles. The van der Waals surface area contributed by atoms with E-state index < -0.39 is 0 Å². The van der Waals surface area contributed by atoms with E-state index in [1.807, 2.05) is 54.6 Å². The van der Waals surface area contributed by atoms with Crippen molar-refractivity contribution in [3.05, 3.63) is 70.9 Å². The molecule has 3 aromatic rings. The van der Waals surface area contributed by atoms with Crippen LogP contribution in [0.5, 0.6) is 0 Å². The lowest BCUT2D eigenvalue weighted by molar-refractivity contribution is 0.992. The van der Waals surface area contributed by atoms with Crippen LogP contribution < -0.4 is 0 Å². The Hall–Kier alpha value is -2.24. The van der Waals surface area contributed by atoms with Crippen LogP contribution in [0.2, 0.25) is 5.02 Å². The first-order chi connectivity index (χ1) is 9.28. The van der Waals surface area contributed by atoms with E-state index >= 15 is 0 Å². The summed E-state index contributed by atoms with van der Waals surface area (Å²) in [5.41, 5.74) is 2.84. The van der Waals surface area contributed by atoms with Gasteiger partial charge in [-0.1, -0.05) is 41.9 Å². The van der Waals surface area contributed by atoms with Gasteiger partial charge in [0.15, 0.2) is 0 Å². The SMILES string of the molecule is N#CC(c1cccc(Cl)c1)c1cc2ccccc2[nH]1. The molecule has 1 heterocycles. The molecule has 0 aliphatic carbocycles. The van der Waals surface area contributed by atoms with Crippen LogP contribution >= 0.6 is 11.6 Å². The second kappa shape index (κ2) is 4.79. The predicted octanol–water partition coefficient (Wildman–Crippen LogP) is 4.48. The predicted molar refractivity (Wildman–Crippen MR) is 77.2 cm³/mol. The summed E-state index contributed by atoms with van der Waals surface area (Å²) in [5, 5.41) is 11.2. The van der Waals surface area contributed by atoms with Crippen LogP contribution in [0.25, 0.3) is 10.9 Å². The summed E-state index contributed by atoms with van der Waals surface area (Å²) < 4.78 is 0. The summed E-state index contributed by atoms with van der Waals surface area (Å²) in [7, 11) is 0. The zero-order chi connectivity index (χ0) is 13.2. The second-order valence-electron chi connectivity index (χ2n) is 4.43. The summed E-state index contributed by atoms with van der Waals surface area (Å²) in [5.74, 6) is -0.328. The van der Waals surface area contributed by atoms with E-state index in [9.17, 15) is 5.26 Å². The minimum atomic E-state index is -0.328. The Morgan fingerprint density at radius 1 is 1.05 bits per heavy atom. The van der Waals surface area contributed by atoms with E-state index in [0.717, 1.165) is 22.2 Å². The summed E-state index contributed by atoms with van der Waals surface area (Å²) >= 11 is 5.99. The maximum Gasteiger partial charge on any atom is 0.111 e. The molecule has 0 radical (unpaired) electrons. The van der Waals surface area contributed by atoms with E-state index in [1.54, 1.807) is 0 Å². The highest BCUT2D eigenvalue weighted by Crippen LogP contribution is 2.28. The maximum absolute atomic E-state index is 9.44. The molecule has 3 rings (SSSR count). The van der Waals surface area contributed by atoms with Gasteiger partial charge in [-0.25, -0.2) is 0 Å². The Morgan fingerprint density at radius 3 is 2.63 bits per heavy atom. The van der Waals surface area contributed by atoms with Gasteiger partial charge in [-0.05, 0) is 35.2 Å². The number of fused-ring (bicyclic) bond motifs is 1. The van der Waals surface area contributed by atoms with Gasteiger partial charge < -0.3 is 4.98 Å². The molecular weight excluding hydrogens is 256 g/mol. The fraction of sp³-hybridized carbons (Fsp3) is 0.0625. The van der Waals surface area contributed by atoms with Gasteiger partial charge in [0, 0.05) is 16.2 Å². The largest absolute Gasteiger partial charge is 0.357 e. The summed E-state index contributed by atoms with van der Waals surface area (Å²) in [6.45, 7) is 0. The van der Waals surface area contributed by atoms with Crippen molar-refractivity contribution in [2.24, 2.45) is 0 Å². The summed E-state index contributed by atoms with van der Waals surface area (Å²) in [4.78, 5) is 3.30. The van der Waals surface area contributed by atoms with Gasteiger partial charge in [0.1, 0.15) is 5.92 Å². The quantitative estimate of drug-likeness (QED) is 0.730. The fourth-order valence-corrected chi connectivity index (χ4v) is 2.46. The number of halogens is 1. The van der Waals surface area contributed by atoms with Crippen molar-refractivity contribution in [2.75, 3.05) is 0 Å². The minimum Gasteiger partial charge on any atom is -0.357 e. The third-order valence-electron chi connectivity index (χ3n) is 3.17. The molecule has 1 N–H and O–H groups in total. The molecule has 0 saturated carbocycles. The first kappa shape index (κ1) is 11.8. The Balaban J connectivity index is 2.10. The highest BCUT2D eigenvalue weighted by Gasteiger charge is 2.15. The monoisotopic (exact) mass is 266 g/mol. The molecule has 0 saturated heterocycles. The number of nitriles is 1. The average molecular weight is 267 g/mol. The zero-order valence-electron chi connectivity index (χ0n) is 10.1. The van der Waals surface area contributed by atoms with Gasteiger partial charge in [-0.15, -0.1) is 0 Å². The molecule has 3 heteroatoms. The van der Waals surface area contributed by atoms with E-state index in [-0.39, 0.29) is 5.92 Å². The van der Waals surface area contributed by atoms with Crippen molar-refractivity contribution in [1.29, 1.82) is 5.26 Å². The molecule has 2 nitrogen and oxygen atoms in total. The molecule has 2 aromatic carbocycles. The fourth-order valence-electron chi connectivity index (χ4n) is 2.26. The van der Waals surface area contributed by atoms with Crippen molar-refractivity contribution < 1.29 is 0 Å². The average Bonchev–Trinajstić information content (AvgIpc) is 2.83. The molecule has 1 unspecified atom stereocenters. The lowest BCUT2D eigenvalue weighted by atomic mass is 9.97. The Bertz CT molecular complexity index is 735. The molecule has 0 amide bonds. The van der Waals surface area contributed by atoms with Crippen LogP contribution in [0.3, 0.4) is 0 Å². The third-order valence-corrected chi connectivity index (χ3v) is 3.41. The topological polar surface area (TPSA) is 39.6 Å². The van der Waals surface area contributed by atoms with Gasteiger partial charge in [0.05, 0.1) is 6.07 Å². The Morgan fingerprint density at radius 2 is 1.89 bits per heavy atom. The first-order valence-electron chi connectivity index (χ1n) is 6.00. The van der Waals surface area contributed by atoms with Gasteiger partial charge in [0.25, 0.3) is 0 Å². The molecule has 0 fully saturated rings. The smallest absolute Gasteiger partial charge is 0.111 e. The summed E-state index contributed by atoms with van der Waals surface area (Å²) in [6, 6.07) is 19.8. The van der Waals surface area contributed by atoms with Crippen molar-refractivity contribution in [1.82, 2.24) is 4.98 Å². The Labute approximate surface area is 116 Å². The highest BCUT2D eigenvalue weighted by atomic mass is 35.5. The number of benzene rings is 2. The highest BCUT2D eigenvalue weighted by molar-refractivity contribution is 6.30. The van der Waals surface area contributed by atoms with Crippen LogP contribution in [-0.2, 0) is 0 Å². The van der Waals surface area contributed by atoms with Crippen LogP contribution in [0.1, 0.15) is 17.2 Å². The third kappa shape index (κ3) is 2.21. The van der Waals surface area contributed by atoms with E-state index in [2.05, 4.69) is 11.1 Å². The number of aromatic amines is 1. The standard InChI is InChI=1S/C16H11ClN2/c17-13-6-3-5-11(8-13)14(10-18)16-9-12-4-1-2-7-15(12)19-16/h1-9,14,19H. The molecule has 0 bridgehead atoms. The van der Waals surface area contributed by atoms with Crippen molar-refractivity contribution in [3.63, 3.8) is 0 Å². The van der Waals surface area contributed by atoms with Crippen molar-refractivity contribution in [2.45, 2.75) is 5.92 Å². The second-order valence-corrected chi connectivity index (χ2v) is 4.87. The number of nitrogens with zero attached hydrogens (tertiary/aromatic N) is 1. The molecule has 1 aromatic heterocycles. The van der Waals surface area contributed by atoms with Crippen LogP contribution in [-0.4, -0.2) is 4.98 Å². The van der Waals surface area contributed by atoms with Crippen LogP contribution in [0.4, 0.5) is 0 Å². The number of rotatable bonds is 2. The zero-order valence-corrected chi connectivity index (χ0v) is 10.9. The number of nitrogens with one attached hydrogen (secondary N) is 1. The number of H-pyrrole nitrogens is 1. The molecule has 0 spiro atoms. The minimum absolute atomic E-state index is 0.328.